The standard InChI is InChI=1S/C23H21N5O3S2/c1-30-18-9-8-15(12-19(18)31-2)17-13-16(20-6-5-11-32-20)26-28(17)22(29)14-33-23-25-24-21-7-3-4-10-27(21)23/h3-12,17H,13-14H2,1-2H3/t17-/m0/s1. The minimum absolute atomic E-state index is 0.0981. The molecule has 0 radical (unpaired) electrons. The number of methoxy groups -OCH3 is 2. The summed E-state index contributed by atoms with van der Waals surface area (Å²) in [5, 5.41) is 17.4. The number of hydrogen-bond acceptors (Lipinski definition) is 8. The lowest BCUT2D eigenvalue weighted by Gasteiger charge is -2.22. The lowest BCUT2D eigenvalue weighted by molar-refractivity contribution is -0.130. The molecule has 1 amide bonds. The highest BCUT2D eigenvalue weighted by Crippen LogP contribution is 2.38. The van der Waals surface area contributed by atoms with Crippen molar-refractivity contribution in [2.24, 2.45) is 5.10 Å². The average Bonchev–Trinajstić information content (AvgIpc) is 3.61. The predicted octanol–water partition coefficient (Wildman–Crippen LogP) is 4.28. The largest absolute Gasteiger partial charge is 0.493 e. The van der Waals surface area contributed by atoms with E-state index >= 15 is 0 Å². The number of thioether (sulfide) groups is 1. The van der Waals surface area contributed by atoms with Crippen molar-refractivity contribution in [2.45, 2.75) is 17.6 Å². The Labute approximate surface area is 198 Å². The van der Waals surface area contributed by atoms with Crippen LogP contribution in [0.25, 0.3) is 5.65 Å². The summed E-state index contributed by atoms with van der Waals surface area (Å²) >= 11 is 2.97. The fraction of sp³-hybridized carbons (Fsp3) is 0.217. The quantitative estimate of drug-likeness (QED) is 0.368. The molecule has 0 aliphatic carbocycles. The molecule has 1 aliphatic heterocycles. The van der Waals surface area contributed by atoms with Gasteiger partial charge in [0.25, 0.3) is 5.91 Å². The van der Waals surface area contributed by atoms with Gasteiger partial charge in [0, 0.05) is 12.6 Å². The Kier molecular flexibility index (Phi) is 6.01. The third kappa shape index (κ3) is 4.19. The number of carbonyl (C=O) groups is 1. The minimum Gasteiger partial charge on any atom is -0.493 e. The zero-order valence-corrected chi connectivity index (χ0v) is 19.7. The van der Waals surface area contributed by atoms with E-state index in [1.165, 1.54) is 11.8 Å². The van der Waals surface area contributed by atoms with Crippen molar-refractivity contribution < 1.29 is 14.3 Å². The highest BCUT2D eigenvalue weighted by Gasteiger charge is 2.34. The molecule has 168 valence electrons. The summed E-state index contributed by atoms with van der Waals surface area (Å²) in [7, 11) is 3.21. The van der Waals surface area contributed by atoms with Gasteiger partial charge in [0.2, 0.25) is 0 Å². The molecule has 0 unspecified atom stereocenters. The molecular weight excluding hydrogens is 458 g/mol. The molecule has 4 aromatic rings. The predicted molar refractivity (Wildman–Crippen MR) is 128 cm³/mol. The van der Waals surface area contributed by atoms with Gasteiger partial charge in [-0.1, -0.05) is 30.0 Å². The highest BCUT2D eigenvalue weighted by molar-refractivity contribution is 7.99. The monoisotopic (exact) mass is 479 g/mol. The third-order valence-electron chi connectivity index (χ3n) is 5.37. The summed E-state index contributed by atoms with van der Waals surface area (Å²) in [5.41, 5.74) is 2.58. The van der Waals surface area contributed by atoms with Gasteiger partial charge < -0.3 is 9.47 Å². The topological polar surface area (TPSA) is 81.3 Å². The Morgan fingerprint density at radius 2 is 2.00 bits per heavy atom. The first kappa shape index (κ1) is 21.5. The van der Waals surface area contributed by atoms with Gasteiger partial charge in [-0.15, -0.1) is 21.5 Å². The number of pyridine rings is 1. The number of fused-ring (bicyclic) bond motifs is 1. The minimum atomic E-state index is -0.231. The van der Waals surface area contributed by atoms with Gasteiger partial charge in [-0.2, -0.15) is 5.10 Å². The van der Waals surface area contributed by atoms with Crippen molar-refractivity contribution in [3.8, 4) is 11.5 Å². The number of aromatic nitrogens is 3. The molecule has 0 spiro atoms. The smallest absolute Gasteiger partial charge is 0.253 e. The van der Waals surface area contributed by atoms with Crippen LogP contribution in [0.5, 0.6) is 11.5 Å². The zero-order valence-electron chi connectivity index (χ0n) is 18.0. The summed E-state index contributed by atoms with van der Waals surface area (Å²) in [6.07, 6.45) is 2.51. The van der Waals surface area contributed by atoms with Crippen LogP contribution < -0.4 is 9.47 Å². The van der Waals surface area contributed by atoms with E-state index in [-0.39, 0.29) is 17.7 Å². The maximum Gasteiger partial charge on any atom is 0.253 e. The summed E-state index contributed by atoms with van der Waals surface area (Å²) in [4.78, 5) is 14.4. The number of benzene rings is 1. The van der Waals surface area contributed by atoms with E-state index in [4.69, 9.17) is 14.6 Å². The molecule has 0 N–H and O–H groups in total. The number of nitrogens with zero attached hydrogens (tertiary/aromatic N) is 5. The molecule has 1 aromatic carbocycles. The number of carbonyl (C=O) groups excluding carboxylic acids is 1. The maximum absolute atomic E-state index is 13.3. The second kappa shape index (κ2) is 9.24. The summed E-state index contributed by atoms with van der Waals surface area (Å²) in [6.45, 7) is 0. The third-order valence-corrected chi connectivity index (χ3v) is 7.22. The first-order chi connectivity index (χ1) is 16.2. The Hall–Kier alpha value is -3.37. The van der Waals surface area contributed by atoms with Crippen molar-refractivity contribution in [2.75, 3.05) is 20.0 Å². The summed E-state index contributed by atoms with van der Waals surface area (Å²) < 4.78 is 12.7. The van der Waals surface area contributed by atoms with Gasteiger partial charge in [0.15, 0.2) is 22.3 Å². The van der Waals surface area contributed by atoms with Crippen molar-refractivity contribution in [1.29, 1.82) is 0 Å². The average molecular weight is 480 g/mol. The summed E-state index contributed by atoms with van der Waals surface area (Å²) in [5.74, 6) is 1.36. The van der Waals surface area contributed by atoms with Crippen LogP contribution in [0.4, 0.5) is 0 Å². The van der Waals surface area contributed by atoms with Gasteiger partial charge in [0.1, 0.15) is 0 Å². The Morgan fingerprint density at radius 1 is 1.12 bits per heavy atom. The van der Waals surface area contributed by atoms with E-state index in [0.717, 1.165) is 21.8 Å². The molecule has 5 rings (SSSR count). The van der Waals surface area contributed by atoms with Crippen molar-refractivity contribution in [1.82, 2.24) is 19.6 Å². The van der Waals surface area contributed by atoms with Gasteiger partial charge in [-0.25, -0.2) is 5.01 Å². The van der Waals surface area contributed by atoms with Crippen LogP contribution in [0.1, 0.15) is 22.9 Å². The van der Waals surface area contributed by atoms with Gasteiger partial charge in [0.05, 0.1) is 36.6 Å². The van der Waals surface area contributed by atoms with Crippen molar-refractivity contribution in [3.63, 3.8) is 0 Å². The Morgan fingerprint density at radius 3 is 2.79 bits per heavy atom. The van der Waals surface area contributed by atoms with E-state index in [9.17, 15) is 4.79 Å². The molecule has 0 bridgehead atoms. The number of hydrazone groups is 1. The first-order valence-corrected chi connectivity index (χ1v) is 12.1. The Bertz CT molecular complexity index is 1320. The van der Waals surface area contributed by atoms with Crippen LogP contribution in [-0.4, -0.2) is 51.2 Å². The molecule has 10 heteroatoms. The molecule has 0 saturated heterocycles. The van der Waals surface area contributed by atoms with E-state index in [2.05, 4.69) is 10.2 Å². The SMILES string of the molecule is COc1ccc([C@@H]2CC(c3cccs3)=NN2C(=O)CSc2nnc3ccccn23)cc1OC. The van der Waals surface area contributed by atoms with E-state index in [1.807, 2.05) is 64.5 Å². The second-order valence-electron chi connectivity index (χ2n) is 7.30. The van der Waals surface area contributed by atoms with Crippen molar-refractivity contribution in [3.05, 3.63) is 70.5 Å². The van der Waals surface area contributed by atoms with Crippen LogP contribution in [0.15, 0.2) is 70.4 Å². The van der Waals surface area contributed by atoms with Crippen molar-refractivity contribution >= 4 is 40.4 Å². The number of thiophene rings is 1. The highest BCUT2D eigenvalue weighted by atomic mass is 32.2. The van der Waals surface area contributed by atoms with Gasteiger partial charge in [-0.05, 0) is 41.3 Å². The van der Waals surface area contributed by atoms with Crippen LogP contribution >= 0.6 is 23.1 Å². The summed E-state index contributed by atoms with van der Waals surface area (Å²) in [6, 6.07) is 15.2. The fourth-order valence-corrected chi connectivity index (χ4v) is 5.26. The van der Waals surface area contributed by atoms with E-state index < -0.39 is 0 Å². The molecule has 4 heterocycles. The maximum atomic E-state index is 13.3. The Balaban J connectivity index is 1.42. The fourth-order valence-electron chi connectivity index (χ4n) is 3.76. The van der Waals surface area contributed by atoms with Crippen LogP contribution in [0.3, 0.4) is 0 Å². The molecule has 33 heavy (non-hydrogen) atoms. The molecule has 1 aliphatic rings. The number of ether oxygens (including phenoxy) is 2. The number of hydrogen-bond donors (Lipinski definition) is 0. The molecule has 1 atom stereocenters. The van der Waals surface area contributed by atoms with Gasteiger partial charge >= 0.3 is 0 Å². The number of rotatable bonds is 7. The van der Waals surface area contributed by atoms with E-state index in [0.29, 0.717) is 23.1 Å². The zero-order chi connectivity index (χ0) is 22.8. The van der Waals surface area contributed by atoms with Crippen LogP contribution in [-0.2, 0) is 4.79 Å². The first-order valence-electron chi connectivity index (χ1n) is 10.3. The van der Waals surface area contributed by atoms with Gasteiger partial charge in [-0.3, -0.25) is 9.20 Å². The second-order valence-corrected chi connectivity index (χ2v) is 9.19. The van der Waals surface area contributed by atoms with E-state index in [1.54, 1.807) is 30.6 Å². The lowest BCUT2D eigenvalue weighted by atomic mass is 10.0. The molecule has 0 saturated carbocycles. The molecule has 8 nitrogen and oxygen atoms in total. The lowest BCUT2D eigenvalue weighted by Crippen LogP contribution is -2.28. The molecule has 0 fully saturated rings. The number of amides is 1. The molecule has 3 aromatic heterocycles. The molecular formula is C23H21N5O3S2. The van der Waals surface area contributed by atoms with Crippen LogP contribution in [0, 0.1) is 0 Å². The normalized spacial score (nSPS) is 15.6. The van der Waals surface area contributed by atoms with Crippen LogP contribution in [0.2, 0.25) is 0 Å².